The highest BCUT2D eigenvalue weighted by Gasteiger charge is 2.30. The summed E-state index contributed by atoms with van der Waals surface area (Å²) in [7, 11) is 0. The van der Waals surface area contributed by atoms with E-state index in [-0.39, 0.29) is 5.69 Å². The third-order valence-electron chi connectivity index (χ3n) is 6.70. The van der Waals surface area contributed by atoms with Gasteiger partial charge in [-0.1, -0.05) is 29.0 Å². The first-order chi connectivity index (χ1) is 13.7. The second-order valence-electron chi connectivity index (χ2n) is 8.30. The Labute approximate surface area is 182 Å². The molecular weight excluding hydrogens is 467 g/mol. The summed E-state index contributed by atoms with van der Waals surface area (Å²) < 4.78 is 0. The zero-order valence-corrected chi connectivity index (χ0v) is 19.1. The van der Waals surface area contributed by atoms with Crippen LogP contribution in [0.4, 0.5) is 5.82 Å². The highest BCUT2D eigenvalue weighted by molar-refractivity contribution is 14.1. The van der Waals surface area contributed by atoms with Crippen LogP contribution in [0.15, 0.2) is 12.4 Å². The molecule has 3 aliphatic rings. The summed E-state index contributed by atoms with van der Waals surface area (Å²) in [6.07, 6.45) is 13.8. The topological polar surface area (TPSA) is 69.6 Å². The minimum Gasteiger partial charge on any atom is -0.476 e. The molecule has 28 heavy (non-hydrogen) atoms. The van der Waals surface area contributed by atoms with Crippen molar-refractivity contribution in [2.75, 3.05) is 36.0 Å². The van der Waals surface area contributed by atoms with E-state index < -0.39 is 5.97 Å². The van der Waals surface area contributed by atoms with E-state index in [9.17, 15) is 4.79 Å². The van der Waals surface area contributed by atoms with Crippen LogP contribution in [0.25, 0.3) is 0 Å². The van der Waals surface area contributed by atoms with Gasteiger partial charge in [-0.3, -0.25) is 0 Å². The molecular formula is C21H33IN4O2. The fourth-order valence-electron chi connectivity index (χ4n) is 4.77. The molecule has 6 nitrogen and oxygen atoms in total. The Balaban J connectivity index is 0.00000109. The number of piperidine rings is 2. The van der Waals surface area contributed by atoms with Gasteiger partial charge in [0.2, 0.25) is 0 Å². The molecule has 2 aliphatic heterocycles. The molecule has 2 saturated heterocycles. The van der Waals surface area contributed by atoms with Crippen molar-refractivity contribution in [2.45, 2.75) is 57.4 Å². The average molecular weight is 500 g/mol. The Kier molecular flexibility index (Phi) is 8.32. The van der Waals surface area contributed by atoms with Gasteiger partial charge in [0.1, 0.15) is 5.82 Å². The van der Waals surface area contributed by atoms with Crippen molar-refractivity contribution in [3.05, 3.63) is 18.1 Å². The molecule has 0 radical (unpaired) electrons. The molecule has 0 atom stereocenters. The third kappa shape index (κ3) is 5.55. The van der Waals surface area contributed by atoms with Gasteiger partial charge in [-0.25, -0.2) is 14.8 Å². The molecule has 156 valence electrons. The minimum atomic E-state index is -1.02. The van der Waals surface area contributed by atoms with Crippen molar-refractivity contribution in [2.24, 2.45) is 11.8 Å². The van der Waals surface area contributed by atoms with E-state index in [4.69, 9.17) is 5.11 Å². The van der Waals surface area contributed by atoms with Crippen LogP contribution in [0, 0.1) is 11.8 Å². The van der Waals surface area contributed by atoms with Gasteiger partial charge in [-0.15, -0.1) is 0 Å². The van der Waals surface area contributed by atoms with Crippen LogP contribution in [0.3, 0.4) is 0 Å². The molecule has 7 heteroatoms. The maximum absolute atomic E-state index is 10.9. The third-order valence-corrected chi connectivity index (χ3v) is 6.70. The summed E-state index contributed by atoms with van der Waals surface area (Å²) in [5.41, 5.74) is 0.0110. The highest BCUT2D eigenvalue weighted by atomic mass is 127. The van der Waals surface area contributed by atoms with Gasteiger partial charge in [-0.05, 0) is 74.8 Å². The maximum atomic E-state index is 10.9. The Bertz CT molecular complexity index is 607. The minimum absolute atomic E-state index is 0.0110. The standard InChI is InChI=1S/C20H30N4O2.CH3I/c25-20(26)18-13-22-19(14-21-18)24-10-6-16(7-11-24)12-15-4-8-23(9-5-15)17-2-1-3-17;1-2/h13-17H,1-12H2,(H,25,26);1H3. The van der Waals surface area contributed by atoms with Crippen molar-refractivity contribution >= 4 is 34.4 Å². The van der Waals surface area contributed by atoms with Crippen molar-refractivity contribution in [1.29, 1.82) is 0 Å². The quantitative estimate of drug-likeness (QED) is 0.485. The molecule has 1 aromatic heterocycles. The fraction of sp³-hybridized carbons (Fsp3) is 0.762. The monoisotopic (exact) mass is 500 g/mol. The van der Waals surface area contributed by atoms with E-state index >= 15 is 0 Å². The van der Waals surface area contributed by atoms with E-state index in [0.29, 0.717) is 0 Å². The number of carboxylic acid groups (broad SMARTS) is 1. The van der Waals surface area contributed by atoms with Gasteiger partial charge in [0.25, 0.3) is 0 Å². The summed E-state index contributed by atoms with van der Waals surface area (Å²) in [6, 6.07) is 0.910. The van der Waals surface area contributed by atoms with Crippen LogP contribution in [0.5, 0.6) is 0 Å². The fourth-order valence-corrected chi connectivity index (χ4v) is 4.77. The second kappa shape index (κ2) is 10.7. The molecule has 0 spiro atoms. The summed E-state index contributed by atoms with van der Waals surface area (Å²) in [4.78, 5) is 26.1. The van der Waals surface area contributed by atoms with E-state index in [0.717, 1.165) is 36.8 Å². The summed E-state index contributed by atoms with van der Waals surface area (Å²) in [6.45, 7) is 4.65. The van der Waals surface area contributed by atoms with E-state index in [1.807, 2.05) is 4.93 Å². The number of carbonyl (C=O) groups is 1. The normalized spacial score (nSPS) is 22.3. The number of carboxylic acids is 1. The first-order valence-corrected chi connectivity index (χ1v) is 12.8. The molecule has 0 bridgehead atoms. The Morgan fingerprint density at radius 3 is 2.07 bits per heavy atom. The zero-order chi connectivity index (χ0) is 19.9. The summed E-state index contributed by atoms with van der Waals surface area (Å²) in [5, 5.41) is 8.92. The van der Waals surface area contributed by atoms with Crippen molar-refractivity contribution in [1.82, 2.24) is 14.9 Å². The van der Waals surface area contributed by atoms with E-state index in [2.05, 4.69) is 42.4 Å². The Hall–Kier alpha value is -0.960. The molecule has 4 rings (SSSR count). The lowest BCUT2D eigenvalue weighted by Crippen LogP contribution is -2.45. The first kappa shape index (κ1) is 21.7. The summed E-state index contributed by atoms with van der Waals surface area (Å²) >= 11 is 2.15. The van der Waals surface area contributed by atoms with Gasteiger partial charge >= 0.3 is 5.97 Å². The molecule has 0 aromatic carbocycles. The number of aromatic nitrogens is 2. The van der Waals surface area contributed by atoms with E-state index in [1.54, 1.807) is 6.20 Å². The molecule has 1 saturated carbocycles. The maximum Gasteiger partial charge on any atom is 0.356 e. The Morgan fingerprint density at radius 1 is 1.00 bits per heavy atom. The lowest BCUT2D eigenvalue weighted by molar-refractivity contribution is 0.0690. The van der Waals surface area contributed by atoms with E-state index in [1.165, 1.54) is 70.7 Å². The number of nitrogens with zero attached hydrogens (tertiary/aromatic N) is 4. The van der Waals surface area contributed by atoms with Gasteiger partial charge in [0.05, 0.1) is 12.4 Å². The van der Waals surface area contributed by atoms with Gasteiger partial charge in [0.15, 0.2) is 5.69 Å². The predicted octanol–water partition coefficient (Wildman–Crippen LogP) is 4.10. The number of halogens is 1. The smallest absolute Gasteiger partial charge is 0.356 e. The van der Waals surface area contributed by atoms with Crippen LogP contribution >= 0.6 is 22.6 Å². The number of aromatic carboxylic acids is 1. The lowest BCUT2D eigenvalue weighted by atomic mass is 9.81. The van der Waals surface area contributed by atoms with Crippen LogP contribution < -0.4 is 4.90 Å². The second-order valence-corrected chi connectivity index (χ2v) is 8.30. The molecule has 0 unspecified atom stereocenters. The number of alkyl halides is 1. The van der Waals surface area contributed by atoms with Crippen molar-refractivity contribution in [3.8, 4) is 0 Å². The zero-order valence-electron chi connectivity index (χ0n) is 16.9. The van der Waals surface area contributed by atoms with Gasteiger partial charge in [0, 0.05) is 19.1 Å². The largest absolute Gasteiger partial charge is 0.476 e. The van der Waals surface area contributed by atoms with Gasteiger partial charge < -0.3 is 14.9 Å². The number of rotatable bonds is 5. The van der Waals surface area contributed by atoms with Crippen LogP contribution in [-0.2, 0) is 0 Å². The molecule has 0 amide bonds. The van der Waals surface area contributed by atoms with Crippen LogP contribution in [0.1, 0.15) is 61.9 Å². The Morgan fingerprint density at radius 2 is 1.61 bits per heavy atom. The van der Waals surface area contributed by atoms with Crippen molar-refractivity contribution < 1.29 is 9.90 Å². The first-order valence-electron chi connectivity index (χ1n) is 10.6. The predicted molar refractivity (Wildman–Crippen MR) is 120 cm³/mol. The molecule has 1 aliphatic carbocycles. The van der Waals surface area contributed by atoms with Gasteiger partial charge in [-0.2, -0.15) is 0 Å². The van der Waals surface area contributed by atoms with Crippen LogP contribution in [0.2, 0.25) is 0 Å². The SMILES string of the molecule is CI.O=C(O)c1cnc(N2CCC(CC3CCN(C4CCC4)CC3)CC2)cn1. The molecule has 1 N–H and O–H groups in total. The lowest BCUT2D eigenvalue weighted by Gasteiger charge is -2.42. The number of anilines is 1. The molecule has 1 aromatic rings. The average Bonchev–Trinajstić information content (AvgIpc) is 2.70. The molecule has 3 fully saturated rings. The van der Waals surface area contributed by atoms with Crippen molar-refractivity contribution in [3.63, 3.8) is 0 Å². The highest BCUT2D eigenvalue weighted by Crippen LogP contribution is 2.33. The summed E-state index contributed by atoms with van der Waals surface area (Å²) in [5.74, 6) is 1.53. The van der Waals surface area contributed by atoms with Crippen LogP contribution in [-0.4, -0.2) is 63.1 Å². The number of hydrogen-bond acceptors (Lipinski definition) is 5. The number of likely N-dealkylation sites (tertiary alicyclic amines) is 1. The number of hydrogen-bond donors (Lipinski definition) is 1. The molecule has 3 heterocycles.